The van der Waals surface area contributed by atoms with E-state index in [0.29, 0.717) is 23.6 Å². The van der Waals surface area contributed by atoms with Crippen LogP contribution in [-0.4, -0.2) is 25.7 Å². The van der Waals surface area contributed by atoms with E-state index in [1.54, 1.807) is 6.21 Å². The summed E-state index contributed by atoms with van der Waals surface area (Å²) < 4.78 is 0. The van der Waals surface area contributed by atoms with Crippen molar-refractivity contribution in [2.75, 3.05) is 6.54 Å². The molecule has 1 aliphatic carbocycles. The Balaban J connectivity index is 3.12. The van der Waals surface area contributed by atoms with E-state index in [9.17, 15) is 0 Å². The van der Waals surface area contributed by atoms with Gasteiger partial charge in [0.15, 0.2) is 0 Å². The zero-order valence-electron chi connectivity index (χ0n) is 18.0. The molecule has 1 saturated carbocycles. The van der Waals surface area contributed by atoms with Gasteiger partial charge in [0.05, 0.1) is 18.4 Å². The number of nitrogens with two attached hydrogens (primary N) is 1. The first kappa shape index (κ1) is 23.5. The highest BCUT2D eigenvalue weighted by Gasteiger charge is 2.39. The van der Waals surface area contributed by atoms with Crippen molar-refractivity contribution >= 4 is 19.1 Å². The number of hydrogen-bond acceptors (Lipinski definition) is 4. The molecule has 0 radical (unpaired) electrons. The maximum Gasteiger partial charge on any atom is 0.0681 e. The van der Waals surface area contributed by atoms with Crippen molar-refractivity contribution < 1.29 is 0 Å². The van der Waals surface area contributed by atoms with Gasteiger partial charge in [-0.2, -0.15) is 0 Å². The third kappa shape index (κ3) is 6.91. The minimum absolute atomic E-state index is 0.439. The molecule has 0 bridgehead atoms. The molecule has 0 aromatic rings. The van der Waals surface area contributed by atoms with Crippen LogP contribution in [0.4, 0.5) is 0 Å². The third-order valence-electron chi connectivity index (χ3n) is 5.70. The number of rotatable bonds is 11. The summed E-state index contributed by atoms with van der Waals surface area (Å²) in [5.41, 5.74) is 10.2. The van der Waals surface area contributed by atoms with Crippen LogP contribution < -0.4 is 5.73 Å². The summed E-state index contributed by atoms with van der Waals surface area (Å²) >= 11 is 0. The molecule has 0 heterocycles. The molecule has 0 amide bonds. The Kier molecular flexibility index (Phi) is 9.57. The molecule has 4 nitrogen and oxygen atoms in total. The normalized spacial score (nSPS) is 21.9. The zero-order chi connectivity index (χ0) is 21.2. The molecule has 0 aromatic heterocycles. The first-order chi connectivity index (χ1) is 13.3. The van der Waals surface area contributed by atoms with Crippen LogP contribution in [-0.2, 0) is 0 Å². The van der Waals surface area contributed by atoms with E-state index in [2.05, 4.69) is 68.6 Å². The van der Waals surface area contributed by atoms with Crippen molar-refractivity contribution in [3.8, 4) is 0 Å². The molecule has 4 heteroatoms. The van der Waals surface area contributed by atoms with Crippen LogP contribution in [0.1, 0.15) is 47.0 Å². The predicted octanol–water partition coefficient (Wildman–Crippen LogP) is 5.66. The highest BCUT2D eigenvalue weighted by Crippen LogP contribution is 2.49. The molecule has 0 spiro atoms. The van der Waals surface area contributed by atoms with Crippen molar-refractivity contribution in [1.82, 2.24) is 0 Å². The molecular weight excluding hydrogens is 344 g/mol. The average molecular weight is 381 g/mol. The SMILES string of the molecule is C=C/C=C(/C(C)=C(/C=NC=C)CN=C/C(N)=C\N=C)C(C)CC1CCC1(C)C. The van der Waals surface area contributed by atoms with E-state index >= 15 is 0 Å². The molecule has 0 aromatic carbocycles. The maximum atomic E-state index is 5.79. The summed E-state index contributed by atoms with van der Waals surface area (Å²) in [7, 11) is 0. The molecule has 0 aliphatic heterocycles. The van der Waals surface area contributed by atoms with Crippen molar-refractivity contribution in [1.29, 1.82) is 0 Å². The first-order valence-corrected chi connectivity index (χ1v) is 9.85. The molecule has 0 saturated heterocycles. The second-order valence-corrected chi connectivity index (χ2v) is 8.11. The van der Waals surface area contributed by atoms with Crippen molar-refractivity contribution in [3.05, 3.63) is 60.1 Å². The lowest BCUT2D eigenvalue weighted by Gasteiger charge is -2.46. The second kappa shape index (κ2) is 11.4. The lowest BCUT2D eigenvalue weighted by molar-refractivity contribution is 0.0558. The highest BCUT2D eigenvalue weighted by molar-refractivity contribution is 5.83. The second-order valence-electron chi connectivity index (χ2n) is 8.11. The lowest BCUT2D eigenvalue weighted by atomic mass is 9.59. The van der Waals surface area contributed by atoms with Gasteiger partial charge in [0.1, 0.15) is 0 Å². The first-order valence-electron chi connectivity index (χ1n) is 9.85. The van der Waals surface area contributed by atoms with Crippen molar-refractivity contribution in [2.45, 2.75) is 47.0 Å². The van der Waals surface area contributed by atoms with E-state index in [4.69, 9.17) is 5.73 Å². The Morgan fingerprint density at radius 1 is 1.29 bits per heavy atom. The number of hydrogen-bond donors (Lipinski definition) is 1. The number of nitrogens with zero attached hydrogens (tertiary/aromatic N) is 3. The van der Waals surface area contributed by atoms with Gasteiger partial charge in [-0.3, -0.25) is 15.0 Å². The zero-order valence-corrected chi connectivity index (χ0v) is 18.0. The topological polar surface area (TPSA) is 63.1 Å². The van der Waals surface area contributed by atoms with E-state index in [1.807, 2.05) is 12.3 Å². The summed E-state index contributed by atoms with van der Waals surface area (Å²) in [5.74, 6) is 1.21. The molecular formula is C24H36N4. The smallest absolute Gasteiger partial charge is 0.0681 e. The summed E-state index contributed by atoms with van der Waals surface area (Å²) in [5, 5.41) is 0. The van der Waals surface area contributed by atoms with Gasteiger partial charge in [-0.05, 0) is 66.9 Å². The monoisotopic (exact) mass is 380 g/mol. The highest BCUT2D eigenvalue weighted by atomic mass is 14.8. The van der Waals surface area contributed by atoms with Gasteiger partial charge in [-0.25, -0.2) is 0 Å². The molecule has 1 rings (SSSR count). The van der Waals surface area contributed by atoms with Crippen LogP contribution in [0, 0.1) is 17.3 Å². The van der Waals surface area contributed by atoms with Crippen LogP contribution in [0.25, 0.3) is 0 Å². The van der Waals surface area contributed by atoms with Gasteiger partial charge in [-0.15, -0.1) is 0 Å². The summed E-state index contributed by atoms with van der Waals surface area (Å²) in [6, 6.07) is 0. The molecule has 2 atom stereocenters. The maximum absolute atomic E-state index is 5.79. The van der Waals surface area contributed by atoms with Crippen LogP contribution in [0.2, 0.25) is 0 Å². The fourth-order valence-corrected chi connectivity index (χ4v) is 3.67. The summed E-state index contributed by atoms with van der Waals surface area (Å²) in [6.07, 6.45) is 14.2. The predicted molar refractivity (Wildman–Crippen MR) is 125 cm³/mol. The number of allylic oxidation sites excluding steroid dienone is 5. The fourth-order valence-electron chi connectivity index (χ4n) is 3.67. The Hall–Kier alpha value is -2.49. The molecule has 2 N–H and O–H groups in total. The quantitative estimate of drug-likeness (QED) is 0.364. The largest absolute Gasteiger partial charge is 0.396 e. The van der Waals surface area contributed by atoms with Gasteiger partial charge in [-0.1, -0.05) is 46.1 Å². The number of aliphatic imine (C=N–C) groups is 3. The third-order valence-corrected chi connectivity index (χ3v) is 5.70. The minimum atomic E-state index is 0.439. The Morgan fingerprint density at radius 3 is 2.50 bits per heavy atom. The molecule has 1 aliphatic rings. The van der Waals surface area contributed by atoms with Gasteiger partial charge >= 0.3 is 0 Å². The van der Waals surface area contributed by atoms with Crippen molar-refractivity contribution in [2.24, 2.45) is 38.0 Å². The molecule has 152 valence electrons. The molecule has 28 heavy (non-hydrogen) atoms. The van der Waals surface area contributed by atoms with Gasteiger partial charge in [0.2, 0.25) is 0 Å². The Morgan fingerprint density at radius 2 is 2.00 bits per heavy atom. The van der Waals surface area contributed by atoms with Crippen LogP contribution in [0.5, 0.6) is 0 Å². The standard InChI is InChI=1S/C24H36N4/c1-8-10-23(18(3)13-21-11-12-24(21,5)6)19(4)20(14-27-9-2)15-28-17-22(25)16-26-7/h8-10,14,16-18,21H,1-2,7,11-13,15,25H2,3-6H3/b20-19-,22-16+,23-10+,27-14?,28-17?. The van der Waals surface area contributed by atoms with E-state index < -0.39 is 0 Å². The van der Waals surface area contributed by atoms with Gasteiger partial charge in [0, 0.05) is 18.6 Å². The van der Waals surface area contributed by atoms with Crippen LogP contribution >= 0.6 is 0 Å². The van der Waals surface area contributed by atoms with Crippen LogP contribution in [0.15, 0.2) is 75.1 Å². The Bertz CT molecular complexity index is 717. The molecule has 1 fully saturated rings. The van der Waals surface area contributed by atoms with E-state index in [1.165, 1.54) is 42.8 Å². The van der Waals surface area contributed by atoms with Gasteiger partial charge < -0.3 is 5.73 Å². The summed E-state index contributed by atoms with van der Waals surface area (Å²) in [4.78, 5) is 12.3. The lowest BCUT2D eigenvalue weighted by Crippen LogP contribution is -2.35. The minimum Gasteiger partial charge on any atom is -0.396 e. The molecule has 2 unspecified atom stereocenters. The van der Waals surface area contributed by atoms with Crippen molar-refractivity contribution in [3.63, 3.8) is 0 Å². The van der Waals surface area contributed by atoms with Crippen LogP contribution in [0.3, 0.4) is 0 Å². The van der Waals surface area contributed by atoms with E-state index in [-0.39, 0.29) is 0 Å². The Labute approximate surface area is 171 Å². The fraction of sp³-hybridized carbons (Fsp3) is 0.458. The van der Waals surface area contributed by atoms with Gasteiger partial charge in [0.25, 0.3) is 0 Å². The average Bonchev–Trinajstić information content (AvgIpc) is 2.65. The van der Waals surface area contributed by atoms with E-state index in [0.717, 1.165) is 11.5 Å². The summed E-state index contributed by atoms with van der Waals surface area (Å²) in [6.45, 7) is 20.6.